The molecule has 1 atom stereocenters. The lowest BCUT2D eigenvalue weighted by Crippen LogP contribution is -2.39. The first-order valence-corrected chi connectivity index (χ1v) is 10.7. The lowest BCUT2D eigenvalue weighted by atomic mass is 10.1. The van der Waals surface area contributed by atoms with Crippen LogP contribution in [-0.2, 0) is 29.1 Å². The van der Waals surface area contributed by atoms with Gasteiger partial charge in [0.15, 0.2) is 0 Å². The predicted molar refractivity (Wildman–Crippen MR) is 120 cm³/mol. The molecule has 1 amide bonds. The van der Waals surface area contributed by atoms with Crippen LogP contribution < -0.4 is 5.73 Å². The molecule has 162 valence electrons. The number of benzene rings is 2. The molecule has 6 nitrogen and oxygen atoms in total. The number of carbonyl (C=O) groups is 1. The van der Waals surface area contributed by atoms with E-state index in [-0.39, 0.29) is 11.9 Å². The van der Waals surface area contributed by atoms with E-state index in [0.717, 1.165) is 38.2 Å². The maximum absolute atomic E-state index is 11.6. The van der Waals surface area contributed by atoms with Crippen molar-refractivity contribution in [1.29, 1.82) is 0 Å². The smallest absolute Gasteiger partial charge is 0.237 e. The fourth-order valence-corrected chi connectivity index (χ4v) is 3.76. The second-order valence-electron chi connectivity index (χ2n) is 8.25. The van der Waals surface area contributed by atoms with Crippen molar-refractivity contribution < 1.29 is 9.63 Å². The molecule has 0 saturated carbocycles. The van der Waals surface area contributed by atoms with Crippen LogP contribution in [-0.4, -0.2) is 67.1 Å². The fourth-order valence-electron chi connectivity index (χ4n) is 3.76. The molecule has 2 aromatic carbocycles. The highest BCUT2D eigenvalue weighted by Crippen LogP contribution is 2.19. The molecule has 0 unspecified atom stereocenters. The quantitative estimate of drug-likeness (QED) is 0.616. The summed E-state index contributed by atoms with van der Waals surface area (Å²) in [5, 5.41) is 1.72. The van der Waals surface area contributed by atoms with E-state index in [1.807, 2.05) is 0 Å². The van der Waals surface area contributed by atoms with E-state index in [9.17, 15) is 4.79 Å². The molecule has 1 heterocycles. The fraction of sp³-hybridized carbons (Fsp3) is 0.458. The van der Waals surface area contributed by atoms with E-state index in [1.54, 1.807) is 5.06 Å². The topological polar surface area (TPSA) is 62.0 Å². The molecular formula is C24H34N4O2. The van der Waals surface area contributed by atoms with Crippen molar-refractivity contribution in [3.05, 3.63) is 71.3 Å². The second kappa shape index (κ2) is 11.2. The Balaban J connectivity index is 1.63. The number of primary amides is 1. The molecule has 0 bridgehead atoms. The van der Waals surface area contributed by atoms with E-state index >= 15 is 0 Å². The van der Waals surface area contributed by atoms with Gasteiger partial charge in [-0.25, -0.2) is 0 Å². The number of hydrogen-bond donors (Lipinski definition) is 1. The number of likely N-dealkylation sites (N-methyl/N-ethyl adjacent to an activating group) is 1. The highest BCUT2D eigenvalue weighted by Gasteiger charge is 2.30. The summed E-state index contributed by atoms with van der Waals surface area (Å²) in [5.74, 6) is -0.320. The van der Waals surface area contributed by atoms with Crippen molar-refractivity contribution >= 4 is 5.91 Å². The largest absolute Gasteiger partial charge is 0.368 e. The van der Waals surface area contributed by atoms with Crippen molar-refractivity contribution in [3.63, 3.8) is 0 Å². The third-order valence-corrected chi connectivity index (χ3v) is 5.48. The molecule has 30 heavy (non-hydrogen) atoms. The molecule has 6 heteroatoms. The van der Waals surface area contributed by atoms with Gasteiger partial charge in [0.05, 0.1) is 6.61 Å². The first-order valence-electron chi connectivity index (χ1n) is 10.7. The van der Waals surface area contributed by atoms with Crippen molar-refractivity contribution in [3.8, 4) is 0 Å². The molecule has 0 spiro atoms. The van der Waals surface area contributed by atoms with Crippen molar-refractivity contribution in [1.82, 2.24) is 14.9 Å². The Kier molecular flexibility index (Phi) is 8.39. The molecule has 1 aliphatic rings. The maximum atomic E-state index is 11.6. The van der Waals surface area contributed by atoms with Crippen LogP contribution in [0.2, 0.25) is 0 Å². The molecule has 2 N–H and O–H groups in total. The van der Waals surface area contributed by atoms with Crippen molar-refractivity contribution in [2.24, 2.45) is 5.73 Å². The minimum atomic E-state index is -0.337. The monoisotopic (exact) mass is 410 g/mol. The average Bonchev–Trinajstić information content (AvgIpc) is 3.19. The van der Waals surface area contributed by atoms with Crippen LogP contribution in [0.25, 0.3) is 0 Å². The zero-order valence-electron chi connectivity index (χ0n) is 18.2. The molecule has 0 radical (unpaired) electrons. The molecule has 0 aliphatic carbocycles. The maximum Gasteiger partial charge on any atom is 0.237 e. The Hall–Kier alpha value is -2.25. The summed E-state index contributed by atoms with van der Waals surface area (Å²) in [6.45, 7) is 5.07. The van der Waals surface area contributed by atoms with E-state index in [4.69, 9.17) is 10.6 Å². The second-order valence-corrected chi connectivity index (χ2v) is 8.25. The van der Waals surface area contributed by atoms with Gasteiger partial charge in [-0.2, -0.15) is 5.06 Å². The summed E-state index contributed by atoms with van der Waals surface area (Å²) in [6.07, 6.45) is 1.70. The van der Waals surface area contributed by atoms with Crippen LogP contribution in [0.4, 0.5) is 0 Å². The zero-order chi connectivity index (χ0) is 21.3. The van der Waals surface area contributed by atoms with Gasteiger partial charge in [-0.15, -0.1) is 0 Å². The Morgan fingerprint density at radius 1 is 1.03 bits per heavy atom. The van der Waals surface area contributed by atoms with Crippen LogP contribution in [0.1, 0.15) is 23.1 Å². The number of nitrogens with zero attached hydrogens (tertiary/aromatic N) is 3. The lowest BCUT2D eigenvalue weighted by molar-refractivity contribution is -0.154. The van der Waals surface area contributed by atoms with Gasteiger partial charge in [0.2, 0.25) is 5.91 Å². The van der Waals surface area contributed by atoms with Crippen LogP contribution in [0, 0.1) is 0 Å². The molecule has 2 aromatic rings. The van der Waals surface area contributed by atoms with Gasteiger partial charge < -0.3 is 10.6 Å². The Morgan fingerprint density at radius 3 is 2.50 bits per heavy atom. The Morgan fingerprint density at radius 2 is 1.77 bits per heavy atom. The Labute approximate surface area is 180 Å². The Bertz CT molecular complexity index is 797. The predicted octanol–water partition coefficient (Wildman–Crippen LogP) is 2.28. The lowest BCUT2D eigenvalue weighted by Gasteiger charge is -2.25. The van der Waals surface area contributed by atoms with Crippen LogP contribution in [0.5, 0.6) is 0 Å². The minimum Gasteiger partial charge on any atom is -0.368 e. The van der Waals surface area contributed by atoms with Crippen molar-refractivity contribution in [2.45, 2.75) is 32.0 Å². The molecule has 3 rings (SSSR count). The average molecular weight is 411 g/mol. The normalized spacial score (nSPS) is 17.1. The third kappa shape index (κ3) is 6.92. The van der Waals surface area contributed by atoms with E-state index in [1.165, 1.54) is 11.1 Å². The van der Waals surface area contributed by atoms with Crippen LogP contribution in [0.3, 0.4) is 0 Å². The number of carbonyl (C=O) groups excluding carboxylic acids is 1. The van der Waals surface area contributed by atoms with Gasteiger partial charge in [0, 0.05) is 32.7 Å². The standard InChI is InChI=1S/C24H34N4O2/c1-26(2)14-15-27(13-11-20-7-4-3-5-8-20)18-21-9-6-10-22(17-21)19-28-23(24(25)29)12-16-30-28/h3-10,17,23H,11-16,18-19H2,1-2H3,(H2,25,29)/t23-/m0/s1. The van der Waals surface area contributed by atoms with Crippen LogP contribution >= 0.6 is 0 Å². The van der Waals surface area contributed by atoms with E-state index < -0.39 is 0 Å². The highest BCUT2D eigenvalue weighted by molar-refractivity contribution is 5.79. The third-order valence-electron chi connectivity index (χ3n) is 5.48. The van der Waals surface area contributed by atoms with Gasteiger partial charge in [-0.05, 0) is 43.6 Å². The summed E-state index contributed by atoms with van der Waals surface area (Å²) < 4.78 is 0. The first-order chi connectivity index (χ1) is 14.5. The number of amides is 1. The zero-order valence-corrected chi connectivity index (χ0v) is 18.2. The number of nitrogens with two attached hydrogens (primary N) is 1. The van der Waals surface area contributed by atoms with Crippen molar-refractivity contribution in [2.75, 3.05) is 40.3 Å². The van der Waals surface area contributed by atoms with E-state index in [2.05, 4.69) is 78.5 Å². The summed E-state index contributed by atoms with van der Waals surface area (Å²) in [7, 11) is 4.22. The minimum absolute atomic E-state index is 0.320. The summed E-state index contributed by atoms with van der Waals surface area (Å²) in [5.41, 5.74) is 9.28. The highest BCUT2D eigenvalue weighted by atomic mass is 16.7. The molecular weight excluding hydrogens is 376 g/mol. The van der Waals surface area contributed by atoms with Gasteiger partial charge in [-0.1, -0.05) is 54.6 Å². The first kappa shape index (κ1) is 22.4. The van der Waals surface area contributed by atoms with Gasteiger partial charge in [0.1, 0.15) is 6.04 Å². The van der Waals surface area contributed by atoms with E-state index in [0.29, 0.717) is 19.6 Å². The SMILES string of the molecule is CN(C)CCN(CCc1ccccc1)Cc1cccc(CN2OCC[C@H]2C(N)=O)c1. The van der Waals surface area contributed by atoms with Gasteiger partial charge in [0.25, 0.3) is 0 Å². The molecule has 0 aromatic heterocycles. The summed E-state index contributed by atoms with van der Waals surface area (Å²) >= 11 is 0. The van der Waals surface area contributed by atoms with Gasteiger partial charge in [-0.3, -0.25) is 14.5 Å². The number of rotatable bonds is 11. The van der Waals surface area contributed by atoms with Gasteiger partial charge >= 0.3 is 0 Å². The molecule has 1 aliphatic heterocycles. The number of hydrogen-bond acceptors (Lipinski definition) is 5. The number of hydroxylamine groups is 2. The molecule has 1 saturated heterocycles. The summed E-state index contributed by atoms with van der Waals surface area (Å²) in [6, 6.07) is 18.9. The van der Waals surface area contributed by atoms with Crippen LogP contribution in [0.15, 0.2) is 54.6 Å². The summed E-state index contributed by atoms with van der Waals surface area (Å²) in [4.78, 5) is 22.0. The molecule has 1 fully saturated rings.